The normalized spacial score (nSPS) is 8.12. The summed E-state index contributed by atoms with van der Waals surface area (Å²) >= 11 is 3.33. The first-order chi connectivity index (χ1) is 7.34. The second-order valence-corrected chi connectivity index (χ2v) is 3.64. The molecule has 0 N–H and O–H groups in total. The third-order valence-electron chi connectivity index (χ3n) is 1.72. The lowest BCUT2D eigenvalue weighted by molar-refractivity contribution is 0.412. The summed E-state index contributed by atoms with van der Waals surface area (Å²) in [6, 6.07) is 19.7. The van der Waals surface area contributed by atoms with E-state index in [4.69, 9.17) is 4.74 Å². The molecule has 0 amide bonds. The van der Waals surface area contributed by atoms with E-state index in [0.29, 0.717) is 0 Å². The molecular formula is C13H14Br2O. The minimum absolute atomic E-state index is 0. The van der Waals surface area contributed by atoms with Crippen LogP contribution in [0.25, 0.3) is 0 Å². The second-order valence-electron chi connectivity index (χ2n) is 2.79. The average Bonchev–Trinajstić information content (AvgIpc) is 2.33. The summed E-state index contributed by atoms with van der Waals surface area (Å²) in [5, 5.41) is 0. The highest BCUT2D eigenvalue weighted by molar-refractivity contribution is 9.10. The Hall–Kier alpha value is -0.800. The van der Waals surface area contributed by atoms with Crippen molar-refractivity contribution < 1.29 is 4.74 Å². The number of rotatable bonds is 1. The summed E-state index contributed by atoms with van der Waals surface area (Å²) in [6.45, 7) is 0. The predicted molar refractivity (Wildman–Crippen MR) is 77.5 cm³/mol. The summed E-state index contributed by atoms with van der Waals surface area (Å²) < 4.78 is 5.99. The zero-order valence-electron chi connectivity index (χ0n) is 8.97. The van der Waals surface area contributed by atoms with Gasteiger partial charge in [0.2, 0.25) is 0 Å². The van der Waals surface area contributed by atoms with E-state index in [1.165, 1.54) is 0 Å². The maximum atomic E-state index is 5.00. The molecule has 3 heteroatoms. The van der Waals surface area contributed by atoms with E-state index in [1.54, 1.807) is 7.11 Å². The van der Waals surface area contributed by atoms with Gasteiger partial charge in [-0.1, -0.05) is 48.5 Å². The van der Waals surface area contributed by atoms with E-state index in [2.05, 4.69) is 15.9 Å². The lowest BCUT2D eigenvalue weighted by Gasteiger charge is -1.99. The molecule has 0 fully saturated rings. The smallest absolute Gasteiger partial charge is 0.133 e. The van der Waals surface area contributed by atoms with Gasteiger partial charge in [0.25, 0.3) is 0 Å². The van der Waals surface area contributed by atoms with Gasteiger partial charge in [-0.3, -0.25) is 0 Å². The third-order valence-corrected chi connectivity index (χ3v) is 2.38. The van der Waals surface area contributed by atoms with E-state index in [9.17, 15) is 0 Å². The van der Waals surface area contributed by atoms with Crippen LogP contribution in [0.3, 0.4) is 0 Å². The maximum Gasteiger partial charge on any atom is 0.133 e. The monoisotopic (exact) mass is 344 g/mol. The lowest BCUT2D eigenvalue weighted by atomic mass is 10.3. The van der Waals surface area contributed by atoms with E-state index in [0.717, 1.165) is 10.2 Å². The minimum Gasteiger partial charge on any atom is -0.496 e. The lowest BCUT2D eigenvalue weighted by Crippen LogP contribution is -1.81. The van der Waals surface area contributed by atoms with Crippen LogP contribution in [-0.4, -0.2) is 7.11 Å². The number of hydrogen-bond donors (Lipinski definition) is 0. The van der Waals surface area contributed by atoms with Gasteiger partial charge in [-0.05, 0) is 28.1 Å². The Labute approximate surface area is 115 Å². The van der Waals surface area contributed by atoms with Crippen LogP contribution < -0.4 is 4.74 Å². The topological polar surface area (TPSA) is 9.23 Å². The molecule has 0 aliphatic rings. The molecule has 0 saturated carbocycles. The molecule has 0 atom stereocenters. The largest absolute Gasteiger partial charge is 0.496 e. The van der Waals surface area contributed by atoms with Gasteiger partial charge in [0, 0.05) is 0 Å². The highest BCUT2D eigenvalue weighted by Crippen LogP contribution is 2.22. The van der Waals surface area contributed by atoms with Gasteiger partial charge >= 0.3 is 0 Å². The standard InChI is InChI=1S/C7H7BrO.C6H6.BrH/c1-9-7-5-3-2-4-6(7)8;1-2-4-6-5-3-1;/h2-5H,1H3;1-6H;1H. The van der Waals surface area contributed by atoms with Crippen LogP contribution >= 0.6 is 32.9 Å². The minimum atomic E-state index is 0. The molecule has 0 bridgehead atoms. The Morgan fingerprint density at radius 1 is 0.812 bits per heavy atom. The fourth-order valence-corrected chi connectivity index (χ4v) is 1.44. The van der Waals surface area contributed by atoms with Gasteiger partial charge in [0.15, 0.2) is 0 Å². The fraction of sp³-hybridized carbons (Fsp3) is 0.0769. The Morgan fingerprint density at radius 2 is 1.25 bits per heavy atom. The van der Waals surface area contributed by atoms with Crippen molar-refractivity contribution in [1.29, 1.82) is 0 Å². The molecule has 0 spiro atoms. The molecule has 0 aromatic heterocycles. The van der Waals surface area contributed by atoms with Crippen molar-refractivity contribution in [3.05, 3.63) is 65.1 Å². The van der Waals surface area contributed by atoms with Crippen LogP contribution in [0.4, 0.5) is 0 Å². The van der Waals surface area contributed by atoms with Crippen molar-refractivity contribution in [3.63, 3.8) is 0 Å². The highest BCUT2D eigenvalue weighted by atomic mass is 79.9. The molecule has 0 unspecified atom stereocenters. The van der Waals surface area contributed by atoms with Gasteiger partial charge in [0.05, 0.1) is 11.6 Å². The zero-order chi connectivity index (χ0) is 10.9. The molecule has 0 aliphatic carbocycles. The number of para-hydroxylation sites is 1. The zero-order valence-corrected chi connectivity index (χ0v) is 12.3. The summed E-state index contributed by atoms with van der Waals surface area (Å²) in [5.74, 6) is 0.873. The maximum absolute atomic E-state index is 5.00. The number of ether oxygens (including phenoxy) is 1. The van der Waals surface area contributed by atoms with Crippen LogP contribution in [0.2, 0.25) is 0 Å². The Balaban J connectivity index is 0.000000283. The molecule has 0 aliphatic heterocycles. The average molecular weight is 346 g/mol. The molecule has 0 saturated heterocycles. The Bertz CT molecular complexity index is 350. The van der Waals surface area contributed by atoms with Crippen LogP contribution in [-0.2, 0) is 0 Å². The van der Waals surface area contributed by atoms with Gasteiger partial charge in [-0.2, -0.15) is 0 Å². The molecular weight excluding hydrogens is 332 g/mol. The molecule has 16 heavy (non-hydrogen) atoms. The summed E-state index contributed by atoms with van der Waals surface area (Å²) in [4.78, 5) is 0. The second kappa shape index (κ2) is 9.43. The quantitative estimate of drug-likeness (QED) is 0.726. The fourth-order valence-electron chi connectivity index (χ4n) is 0.995. The molecule has 0 radical (unpaired) electrons. The molecule has 2 aromatic carbocycles. The Morgan fingerprint density at radius 3 is 1.56 bits per heavy atom. The van der Waals surface area contributed by atoms with Crippen LogP contribution in [0.1, 0.15) is 0 Å². The summed E-state index contributed by atoms with van der Waals surface area (Å²) in [7, 11) is 1.65. The van der Waals surface area contributed by atoms with Crippen molar-refractivity contribution in [2.45, 2.75) is 0 Å². The third kappa shape index (κ3) is 5.93. The summed E-state index contributed by atoms with van der Waals surface area (Å²) in [6.07, 6.45) is 0. The van der Waals surface area contributed by atoms with Gasteiger partial charge < -0.3 is 4.74 Å². The molecule has 2 aromatic rings. The first kappa shape index (κ1) is 15.2. The van der Waals surface area contributed by atoms with Crippen molar-refractivity contribution in [1.82, 2.24) is 0 Å². The Kier molecular flexibility index (Phi) is 8.96. The molecule has 0 heterocycles. The van der Waals surface area contributed by atoms with E-state index >= 15 is 0 Å². The first-order valence-electron chi connectivity index (χ1n) is 4.63. The molecule has 86 valence electrons. The van der Waals surface area contributed by atoms with Gasteiger partial charge in [-0.25, -0.2) is 0 Å². The van der Waals surface area contributed by atoms with Crippen molar-refractivity contribution in [3.8, 4) is 5.75 Å². The van der Waals surface area contributed by atoms with Crippen molar-refractivity contribution >= 4 is 32.9 Å². The van der Waals surface area contributed by atoms with E-state index < -0.39 is 0 Å². The summed E-state index contributed by atoms with van der Waals surface area (Å²) in [5.41, 5.74) is 0. The SMILES string of the molecule is Br.COc1ccccc1Br.c1ccccc1. The van der Waals surface area contributed by atoms with Crippen LogP contribution in [0.5, 0.6) is 5.75 Å². The molecule has 1 nitrogen and oxygen atoms in total. The van der Waals surface area contributed by atoms with Crippen molar-refractivity contribution in [2.24, 2.45) is 0 Å². The van der Waals surface area contributed by atoms with Gasteiger partial charge in [0.1, 0.15) is 5.75 Å². The number of hydrogen-bond acceptors (Lipinski definition) is 1. The highest BCUT2D eigenvalue weighted by Gasteiger charge is 1.92. The van der Waals surface area contributed by atoms with Crippen molar-refractivity contribution in [2.75, 3.05) is 7.11 Å². The first-order valence-corrected chi connectivity index (χ1v) is 5.42. The number of halogens is 2. The van der Waals surface area contributed by atoms with E-state index in [1.807, 2.05) is 60.7 Å². The predicted octanol–water partition coefficient (Wildman–Crippen LogP) is 4.72. The van der Waals surface area contributed by atoms with Crippen LogP contribution in [0, 0.1) is 0 Å². The van der Waals surface area contributed by atoms with E-state index in [-0.39, 0.29) is 17.0 Å². The number of benzene rings is 2. The molecule has 2 rings (SSSR count). The van der Waals surface area contributed by atoms with Crippen LogP contribution in [0.15, 0.2) is 65.1 Å². The number of methoxy groups -OCH3 is 1. The van der Waals surface area contributed by atoms with Gasteiger partial charge in [-0.15, -0.1) is 17.0 Å².